The molecule has 0 radical (unpaired) electrons. The van der Waals surface area contributed by atoms with Gasteiger partial charge in [-0.2, -0.15) is 0 Å². The number of ether oxygens (including phenoxy) is 1. The standard InChI is InChI=1S/C26H40N2O5S/c1-6-10-14-27(13-7-2)24(31)22-26-12-11-19(34-26)20(25(32)33-15-8-3)21(26)23(30)28(22)18(16-29)17(5)9-4/h7-8,17-22,29H,2-3,6,9-16H2,1,4-5H3/t17-,18-,19+,20-,21-,22?,26?/m0/s1. The predicted octanol–water partition coefficient (Wildman–Crippen LogP) is 3.03. The second-order valence-corrected chi connectivity index (χ2v) is 11.4. The van der Waals surface area contributed by atoms with Crippen LogP contribution in [0.2, 0.25) is 0 Å². The number of hydrogen-bond acceptors (Lipinski definition) is 6. The molecular weight excluding hydrogens is 452 g/mol. The molecule has 0 aliphatic carbocycles. The summed E-state index contributed by atoms with van der Waals surface area (Å²) in [6.45, 7) is 14.4. The molecule has 0 saturated carbocycles. The van der Waals surface area contributed by atoms with Crippen molar-refractivity contribution in [3.8, 4) is 0 Å². The van der Waals surface area contributed by atoms with Crippen LogP contribution < -0.4 is 0 Å². The molecule has 1 spiro atoms. The zero-order valence-corrected chi connectivity index (χ0v) is 21.6. The van der Waals surface area contributed by atoms with E-state index in [4.69, 9.17) is 4.74 Å². The fraction of sp³-hybridized carbons (Fsp3) is 0.731. The minimum absolute atomic E-state index is 0.0105. The molecule has 3 aliphatic rings. The van der Waals surface area contributed by atoms with Gasteiger partial charge in [-0.1, -0.05) is 52.3 Å². The van der Waals surface area contributed by atoms with Crippen molar-refractivity contribution in [1.82, 2.24) is 9.80 Å². The van der Waals surface area contributed by atoms with Gasteiger partial charge < -0.3 is 19.6 Å². The van der Waals surface area contributed by atoms with Gasteiger partial charge in [0.1, 0.15) is 12.6 Å². The summed E-state index contributed by atoms with van der Waals surface area (Å²) in [4.78, 5) is 44.7. The molecule has 34 heavy (non-hydrogen) atoms. The number of aliphatic hydroxyl groups is 1. The van der Waals surface area contributed by atoms with Crippen molar-refractivity contribution >= 4 is 29.5 Å². The first-order chi connectivity index (χ1) is 16.3. The van der Waals surface area contributed by atoms with Gasteiger partial charge in [0, 0.05) is 18.3 Å². The van der Waals surface area contributed by atoms with Gasteiger partial charge in [-0.15, -0.1) is 18.3 Å². The molecule has 1 N–H and O–H groups in total. The van der Waals surface area contributed by atoms with Gasteiger partial charge >= 0.3 is 5.97 Å². The van der Waals surface area contributed by atoms with Crippen LogP contribution in [0.3, 0.4) is 0 Å². The Morgan fingerprint density at radius 2 is 2.09 bits per heavy atom. The highest BCUT2D eigenvalue weighted by Gasteiger charge is 2.74. The Morgan fingerprint density at radius 1 is 1.35 bits per heavy atom. The third kappa shape index (κ3) is 4.43. The quantitative estimate of drug-likeness (QED) is 0.314. The van der Waals surface area contributed by atoms with Crippen molar-refractivity contribution in [3.05, 3.63) is 25.3 Å². The van der Waals surface area contributed by atoms with E-state index >= 15 is 0 Å². The SMILES string of the molecule is C=CCOC(=O)[C@@H]1[C@H]2C(=O)N([C@@H](CO)[C@@H](C)CC)C(C(=O)N(CC=C)CCCC)C23CC[C@H]1S3. The Labute approximate surface area is 208 Å². The van der Waals surface area contributed by atoms with E-state index in [-0.39, 0.29) is 42.2 Å². The lowest BCUT2D eigenvalue weighted by Crippen LogP contribution is -2.58. The van der Waals surface area contributed by atoms with Crippen LogP contribution in [0, 0.1) is 17.8 Å². The van der Waals surface area contributed by atoms with Gasteiger partial charge in [0.05, 0.1) is 29.2 Å². The monoisotopic (exact) mass is 492 g/mol. The summed E-state index contributed by atoms with van der Waals surface area (Å²) in [5, 5.41) is 10.3. The molecular formula is C26H40N2O5S. The average Bonchev–Trinajstić information content (AvgIpc) is 3.48. The predicted molar refractivity (Wildman–Crippen MR) is 134 cm³/mol. The fourth-order valence-electron chi connectivity index (χ4n) is 6.02. The number of carbonyl (C=O) groups is 3. The number of likely N-dealkylation sites (tertiary alicyclic amines) is 1. The molecule has 7 nitrogen and oxygen atoms in total. The van der Waals surface area contributed by atoms with Crippen LogP contribution >= 0.6 is 11.8 Å². The Kier molecular flexibility index (Phi) is 8.90. The molecule has 2 unspecified atom stereocenters. The van der Waals surface area contributed by atoms with Crippen molar-refractivity contribution in [3.63, 3.8) is 0 Å². The number of nitrogens with zero attached hydrogens (tertiary/aromatic N) is 2. The number of hydrogen-bond donors (Lipinski definition) is 1. The number of fused-ring (bicyclic) bond motifs is 1. The number of unbranched alkanes of at least 4 members (excludes halogenated alkanes) is 1. The molecule has 3 saturated heterocycles. The maximum absolute atomic E-state index is 14.2. The molecule has 8 heteroatoms. The summed E-state index contributed by atoms with van der Waals surface area (Å²) in [5.74, 6) is -1.86. The second-order valence-electron chi connectivity index (χ2n) is 9.78. The van der Waals surface area contributed by atoms with Crippen LogP contribution in [0.4, 0.5) is 0 Å². The number of amides is 2. The van der Waals surface area contributed by atoms with Crippen molar-refractivity contribution < 1.29 is 24.2 Å². The summed E-state index contributed by atoms with van der Waals surface area (Å²) >= 11 is 1.63. The minimum Gasteiger partial charge on any atom is -0.461 e. The zero-order valence-electron chi connectivity index (χ0n) is 20.8. The Morgan fingerprint density at radius 3 is 2.68 bits per heavy atom. The normalized spacial score (nSPS) is 31.2. The first kappa shape index (κ1) is 26.8. The molecule has 0 aromatic rings. The lowest BCUT2D eigenvalue weighted by Gasteiger charge is -2.41. The topological polar surface area (TPSA) is 87.1 Å². The van der Waals surface area contributed by atoms with E-state index in [1.807, 2.05) is 13.8 Å². The van der Waals surface area contributed by atoms with Crippen molar-refractivity contribution in [2.24, 2.45) is 17.8 Å². The highest BCUT2D eigenvalue weighted by molar-refractivity contribution is 8.02. The van der Waals surface area contributed by atoms with Crippen molar-refractivity contribution in [2.75, 3.05) is 26.3 Å². The summed E-state index contributed by atoms with van der Waals surface area (Å²) in [5.41, 5.74) is 0. The van der Waals surface area contributed by atoms with E-state index in [9.17, 15) is 19.5 Å². The molecule has 3 fully saturated rings. The van der Waals surface area contributed by atoms with Gasteiger partial charge in [-0.05, 0) is 25.2 Å². The Bertz CT molecular complexity index is 804. The van der Waals surface area contributed by atoms with Gasteiger partial charge in [0.25, 0.3) is 0 Å². The van der Waals surface area contributed by atoms with Crippen LogP contribution in [0.15, 0.2) is 25.3 Å². The fourth-order valence-corrected chi connectivity index (χ4v) is 8.20. The second kappa shape index (κ2) is 11.3. The Balaban J connectivity index is 2.07. The van der Waals surface area contributed by atoms with Gasteiger partial charge in [0.15, 0.2) is 0 Å². The smallest absolute Gasteiger partial charge is 0.311 e. The molecule has 2 amide bonds. The molecule has 2 bridgehead atoms. The molecule has 0 aromatic heterocycles. The first-order valence-electron chi connectivity index (χ1n) is 12.6. The van der Waals surface area contributed by atoms with E-state index in [1.165, 1.54) is 6.08 Å². The van der Waals surface area contributed by atoms with E-state index in [0.717, 1.165) is 25.7 Å². The molecule has 3 heterocycles. The number of thioether (sulfide) groups is 1. The minimum atomic E-state index is -0.708. The molecule has 190 valence electrons. The molecule has 7 atom stereocenters. The van der Waals surface area contributed by atoms with Crippen molar-refractivity contribution in [2.45, 2.75) is 75.0 Å². The largest absolute Gasteiger partial charge is 0.461 e. The number of rotatable bonds is 13. The van der Waals surface area contributed by atoms with Crippen LogP contribution in [0.1, 0.15) is 52.9 Å². The molecule has 3 rings (SSSR count). The van der Waals surface area contributed by atoms with E-state index in [0.29, 0.717) is 19.5 Å². The van der Waals surface area contributed by atoms with Crippen molar-refractivity contribution in [1.29, 1.82) is 0 Å². The van der Waals surface area contributed by atoms with Crippen LogP contribution in [-0.2, 0) is 19.1 Å². The maximum atomic E-state index is 14.2. The maximum Gasteiger partial charge on any atom is 0.311 e. The number of esters is 1. The molecule has 0 aromatic carbocycles. The number of carbonyl (C=O) groups excluding carboxylic acids is 3. The van der Waals surface area contributed by atoms with E-state index in [1.54, 1.807) is 27.6 Å². The third-order valence-electron chi connectivity index (χ3n) is 7.88. The van der Waals surface area contributed by atoms with Gasteiger partial charge in [-0.3, -0.25) is 14.4 Å². The molecule has 3 aliphatic heterocycles. The Hall–Kier alpha value is -1.80. The number of aliphatic hydroxyl groups excluding tert-OH is 1. The summed E-state index contributed by atoms with van der Waals surface area (Å²) in [7, 11) is 0. The van der Waals surface area contributed by atoms with E-state index < -0.39 is 28.7 Å². The van der Waals surface area contributed by atoms with Crippen LogP contribution in [0.25, 0.3) is 0 Å². The first-order valence-corrected chi connectivity index (χ1v) is 13.5. The van der Waals surface area contributed by atoms with Gasteiger partial charge in [-0.25, -0.2) is 0 Å². The summed E-state index contributed by atoms with van der Waals surface area (Å²) in [6.07, 6.45) is 7.28. The van der Waals surface area contributed by atoms with Crippen LogP contribution in [0.5, 0.6) is 0 Å². The summed E-state index contributed by atoms with van der Waals surface area (Å²) in [6, 6.07) is -1.19. The summed E-state index contributed by atoms with van der Waals surface area (Å²) < 4.78 is 4.73. The lowest BCUT2D eigenvalue weighted by atomic mass is 9.71. The van der Waals surface area contributed by atoms with Gasteiger partial charge in [0.2, 0.25) is 11.8 Å². The highest BCUT2D eigenvalue weighted by Crippen LogP contribution is 2.67. The average molecular weight is 493 g/mol. The lowest BCUT2D eigenvalue weighted by molar-refractivity contribution is -0.154. The highest BCUT2D eigenvalue weighted by atomic mass is 32.2. The zero-order chi connectivity index (χ0) is 25.0. The van der Waals surface area contributed by atoms with E-state index in [2.05, 4.69) is 20.1 Å². The van der Waals surface area contributed by atoms with Crippen LogP contribution in [-0.4, -0.2) is 81.1 Å². The third-order valence-corrected chi connectivity index (χ3v) is 9.83.